The van der Waals surface area contributed by atoms with Crippen LogP contribution in [0.2, 0.25) is 0 Å². The number of fused-ring (bicyclic) bond motifs is 1. The van der Waals surface area contributed by atoms with Crippen molar-refractivity contribution in [2.75, 3.05) is 7.05 Å². The summed E-state index contributed by atoms with van der Waals surface area (Å²) in [6.45, 7) is 2.67. The molecule has 0 atom stereocenters. The second-order valence-electron chi connectivity index (χ2n) is 4.89. The highest BCUT2D eigenvalue weighted by Crippen LogP contribution is 2.30. The molecule has 0 unspecified atom stereocenters. The largest absolute Gasteiger partial charge is 0.456 e. The normalized spacial score (nSPS) is 10.8. The Morgan fingerprint density at radius 2 is 2.00 bits per heavy atom. The highest BCUT2D eigenvalue weighted by molar-refractivity contribution is 5.85. The van der Waals surface area contributed by atoms with Crippen LogP contribution in [0, 0.1) is 6.92 Å². The molecule has 4 heteroatoms. The van der Waals surface area contributed by atoms with Crippen LogP contribution in [-0.2, 0) is 6.54 Å². The minimum atomic E-state index is 0.714. The van der Waals surface area contributed by atoms with Gasteiger partial charge in [-0.25, -0.2) is 0 Å². The maximum atomic E-state index is 6.14. The molecule has 4 nitrogen and oxygen atoms in total. The molecule has 1 aromatic carbocycles. The molecule has 0 bridgehead atoms. The highest BCUT2D eigenvalue weighted by atomic mass is 16.5. The van der Waals surface area contributed by atoms with Gasteiger partial charge in [-0.15, -0.1) is 0 Å². The Labute approximate surface area is 123 Å². The molecule has 0 saturated carbocycles. The number of aryl methyl sites for hydroxylation is 1. The van der Waals surface area contributed by atoms with Gasteiger partial charge in [0.05, 0.1) is 5.52 Å². The van der Waals surface area contributed by atoms with Crippen LogP contribution in [0.25, 0.3) is 10.9 Å². The van der Waals surface area contributed by atoms with E-state index in [4.69, 9.17) is 4.74 Å². The van der Waals surface area contributed by atoms with Gasteiger partial charge in [0.2, 0.25) is 0 Å². The first kappa shape index (κ1) is 13.5. The molecular weight excluding hydrogens is 262 g/mol. The molecule has 1 N–H and O–H groups in total. The first-order chi connectivity index (χ1) is 10.3. The summed E-state index contributed by atoms with van der Waals surface area (Å²) in [6.07, 6.45) is 3.64. The lowest BCUT2D eigenvalue weighted by molar-refractivity contribution is 0.478. The number of hydrogen-bond donors (Lipinski definition) is 1. The van der Waals surface area contributed by atoms with Crippen molar-refractivity contribution in [1.29, 1.82) is 0 Å². The van der Waals surface area contributed by atoms with Gasteiger partial charge in [0, 0.05) is 41.6 Å². The zero-order chi connectivity index (χ0) is 14.7. The second kappa shape index (κ2) is 5.89. The minimum Gasteiger partial charge on any atom is -0.456 e. The molecule has 3 rings (SSSR count). The fourth-order valence-electron chi connectivity index (χ4n) is 2.26. The van der Waals surface area contributed by atoms with E-state index in [1.807, 2.05) is 56.6 Å². The number of nitrogens with one attached hydrogen (secondary N) is 1. The van der Waals surface area contributed by atoms with Gasteiger partial charge >= 0.3 is 0 Å². The fraction of sp³-hybridized carbons (Fsp3) is 0.176. The third kappa shape index (κ3) is 2.85. The van der Waals surface area contributed by atoms with Crippen LogP contribution >= 0.6 is 0 Å². The van der Waals surface area contributed by atoms with Crippen molar-refractivity contribution < 1.29 is 4.74 Å². The lowest BCUT2D eigenvalue weighted by atomic mass is 10.2. The van der Waals surface area contributed by atoms with Gasteiger partial charge in [-0.3, -0.25) is 9.97 Å². The third-order valence-electron chi connectivity index (χ3n) is 3.27. The predicted octanol–water partition coefficient (Wildman–Crippen LogP) is 3.45. The van der Waals surface area contributed by atoms with Crippen LogP contribution in [0.5, 0.6) is 11.5 Å². The molecular formula is C17H17N3O. The Balaban J connectivity index is 2.04. The van der Waals surface area contributed by atoms with Crippen molar-refractivity contribution in [3.8, 4) is 11.5 Å². The minimum absolute atomic E-state index is 0.714. The maximum Gasteiger partial charge on any atom is 0.136 e. The Kier molecular flexibility index (Phi) is 3.79. The molecule has 3 aromatic rings. The van der Waals surface area contributed by atoms with Crippen LogP contribution in [-0.4, -0.2) is 17.0 Å². The van der Waals surface area contributed by atoms with Crippen molar-refractivity contribution in [2.24, 2.45) is 0 Å². The third-order valence-corrected chi connectivity index (χ3v) is 3.27. The molecule has 2 heterocycles. The molecule has 0 spiro atoms. The molecule has 0 aliphatic heterocycles. The zero-order valence-electron chi connectivity index (χ0n) is 12.1. The van der Waals surface area contributed by atoms with Crippen LogP contribution < -0.4 is 10.1 Å². The van der Waals surface area contributed by atoms with E-state index < -0.39 is 0 Å². The van der Waals surface area contributed by atoms with Crippen molar-refractivity contribution >= 4 is 10.9 Å². The zero-order valence-corrected chi connectivity index (χ0v) is 12.1. The van der Waals surface area contributed by atoms with Crippen LogP contribution in [0.4, 0.5) is 0 Å². The molecule has 0 radical (unpaired) electrons. The Bertz CT molecular complexity index is 766. The first-order valence-electron chi connectivity index (χ1n) is 6.89. The average molecular weight is 279 g/mol. The van der Waals surface area contributed by atoms with E-state index in [2.05, 4.69) is 15.3 Å². The van der Waals surface area contributed by atoms with Crippen LogP contribution in [0.15, 0.2) is 48.8 Å². The van der Waals surface area contributed by atoms with Gasteiger partial charge in [-0.1, -0.05) is 6.07 Å². The van der Waals surface area contributed by atoms with Gasteiger partial charge in [0.15, 0.2) is 0 Å². The van der Waals surface area contributed by atoms with Gasteiger partial charge in [0.25, 0.3) is 0 Å². The number of rotatable bonds is 4. The molecule has 21 heavy (non-hydrogen) atoms. The predicted molar refractivity (Wildman–Crippen MR) is 83.6 cm³/mol. The molecule has 0 fully saturated rings. The maximum absolute atomic E-state index is 6.14. The monoisotopic (exact) mass is 279 g/mol. The first-order valence-corrected chi connectivity index (χ1v) is 6.89. The Morgan fingerprint density at radius 3 is 2.86 bits per heavy atom. The van der Waals surface area contributed by atoms with E-state index in [0.29, 0.717) is 6.54 Å². The van der Waals surface area contributed by atoms with E-state index in [9.17, 15) is 0 Å². The number of benzene rings is 1. The highest BCUT2D eigenvalue weighted by Gasteiger charge is 2.08. The Hall–Kier alpha value is -2.46. The van der Waals surface area contributed by atoms with Gasteiger partial charge in [-0.2, -0.15) is 0 Å². The number of pyridine rings is 2. The summed E-state index contributed by atoms with van der Waals surface area (Å²) in [5.41, 5.74) is 2.89. The van der Waals surface area contributed by atoms with Gasteiger partial charge in [0.1, 0.15) is 11.5 Å². The fourth-order valence-corrected chi connectivity index (χ4v) is 2.26. The lowest BCUT2D eigenvalue weighted by Gasteiger charge is -2.13. The summed E-state index contributed by atoms with van der Waals surface area (Å²) in [6, 6.07) is 11.8. The average Bonchev–Trinajstić information content (AvgIpc) is 2.50. The van der Waals surface area contributed by atoms with Crippen LogP contribution in [0.1, 0.15) is 11.3 Å². The van der Waals surface area contributed by atoms with Crippen molar-refractivity contribution in [3.05, 3.63) is 60.0 Å². The summed E-state index contributed by atoms with van der Waals surface area (Å²) < 4.78 is 6.14. The molecule has 0 amide bonds. The molecule has 0 aliphatic rings. The van der Waals surface area contributed by atoms with Crippen molar-refractivity contribution in [1.82, 2.24) is 15.3 Å². The number of nitrogens with zero attached hydrogens (tertiary/aromatic N) is 2. The molecule has 106 valence electrons. The summed E-state index contributed by atoms with van der Waals surface area (Å²) in [7, 11) is 1.91. The molecule has 2 aromatic heterocycles. The van der Waals surface area contributed by atoms with E-state index in [0.717, 1.165) is 33.7 Å². The van der Waals surface area contributed by atoms with E-state index in [1.165, 1.54) is 0 Å². The summed E-state index contributed by atoms with van der Waals surface area (Å²) in [4.78, 5) is 8.69. The summed E-state index contributed by atoms with van der Waals surface area (Å²) in [5, 5.41) is 4.14. The van der Waals surface area contributed by atoms with Gasteiger partial charge < -0.3 is 10.1 Å². The smallest absolute Gasteiger partial charge is 0.136 e. The quantitative estimate of drug-likeness (QED) is 0.794. The lowest BCUT2D eigenvalue weighted by Crippen LogP contribution is -2.07. The summed E-state index contributed by atoms with van der Waals surface area (Å²) >= 11 is 0. The van der Waals surface area contributed by atoms with E-state index in [-0.39, 0.29) is 0 Å². The van der Waals surface area contributed by atoms with E-state index in [1.54, 1.807) is 6.20 Å². The topological polar surface area (TPSA) is 47.0 Å². The standard InChI is InChI=1S/C17H17N3O/c1-12-9-17(13(10-18-2)11-20-12)21-16-7-3-6-15-14(16)5-4-8-19-15/h3-9,11,18H,10H2,1-2H3. The Morgan fingerprint density at radius 1 is 1.10 bits per heavy atom. The van der Waals surface area contributed by atoms with Crippen LogP contribution in [0.3, 0.4) is 0 Å². The molecule has 0 aliphatic carbocycles. The molecule has 0 saturated heterocycles. The van der Waals surface area contributed by atoms with Crippen molar-refractivity contribution in [3.63, 3.8) is 0 Å². The number of ether oxygens (including phenoxy) is 1. The number of aromatic nitrogens is 2. The number of hydrogen-bond acceptors (Lipinski definition) is 4. The van der Waals surface area contributed by atoms with Crippen molar-refractivity contribution in [2.45, 2.75) is 13.5 Å². The SMILES string of the molecule is CNCc1cnc(C)cc1Oc1cccc2ncccc12. The summed E-state index contributed by atoms with van der Waals surface area (Å²) in [5.74, 6) is 1.64. The van der Waals surface area contributed by atoms with Gasteiger partial charge in [-0.05, 0) is 38.2 Å². The van der Waals surface area contributed by atoms with E-state index >= 15 is 0 Å². The second-order valence-corrected chi connectivity index (χ2v) is 4.89.